The van der Waals surface area contributed by atoms with E-state index in [0.29, 0.717) is 0 Å². The summed E-state index contributed by atoms with van der Waals surface area (Å²) in [5.41, 5.74) is -4.61. The number of fused-ring (bicyclic) bond motifs is 5. The van der Waals surface area contributed by atoms with E-state index in [1.54, 1.807) is 20.8 Å². The zero-order valence-electron chi connectivity index (χ0n) is 19.0. The molecule has 0 spiro atoms. The van der Waals surface area contributed by atoms with Crippen molar-refractivity contribution >= 4 is 21.6 Å². The highest BCUT2D eigenvalue weighted by Gasteiger charge is 2.58. The van der Waals surface area contributed by atoms with Crippen molar-refractivity contribution in [2.45, 2.75) is 75.8 Å². The summed E-state index contributed by atoms with van der Waals surface area (Å²) in [6, 6.07) is 1.28. The Morgan fingerprint density at radius 1 is 1.21 bits per heavy atom. The number of anilines is 1. The van der Waals surface area contributed by atoms with Gasteiger partial charge >= 0.3 is 12.3 Å². The van der Waals surface area contributed by atoms with Gasteiger partial charge in [-0.1, -0.05) is 6.42 Å². The average molecular weight is 507 g/mol. The van der Waals surface area contributed by atoms with Crippen LogP contribution in [0.25, 0.3) is 11.6 Å². The molecule has 1 unspecified atom stereocenters. The lowest BCUT2D eigenvalue weighted by molar-refractivity contribution is -0.277. The van der Waals surface area contributed by atoms with E-state index in [0.717, 1.165) is 0 Å². The largest absolute Gasteiger partial charge is 0.444 e. The first kappa shape index (κ1) is 25.9. The van der Waals surface area contributed by atoms with Gasteiger partial charge in [-0.05, 0) is 58.6 Å². The van der Waals surface area contributed by atoms with Crippen LogP contribution in [0.2, 0.25) is 0 Å². The fourth-order valence-electron chi connectivity index (χ4n) is 3.39. The lowest BCUT2D eigenvalue weighted by atomic mass is 9.95. The van der Waals surface area contributed by atoms with Gasteiger partial charge in [0.15, 0.2) is 20.6 Å². The molecule has 34 heavy (non-hydrogen) atoms. The van der Waals surface area contributed by atoms with E-state index in [1.165, 1.54) is 13.0 Å². The number of rotatable bonds is 1. The number of aliphatic hydroxyl groups is 1. The van der Waals surface area contributed by atoms with E-state index >= 15 is 0 Å². The Hall–Kier alpha value is -2.74. The molecule has 2 aromatic rings. The second-order valence-corrected chi connectivity index (χ2v) is 11.1. The van der Waals surface area contributed by atoms with Gasteiger partial charge in [-0.2, -0.15) is 13.2 Å². The fourth-order valence-corrected chi connectivity index (χ4v) is 4.94. The van der Waals surface area contributed by atoms with Gasteiger partial charge in [0.1, 0.15) is 5.60 Å². The van der Waals surface area contributed by atoms with Crippen LogP contribution in [0.5, 0.6) is 0 Å². The molecule has 188 valence electrons. The highest BCUT2D eigenvalue weighted by Crippen LogP contribution is 2.43. The molecule has 3 heterocycles. The number of pyridine rings is 1. The van der Waals surface area contributed by atoms with Gasteiger partial charge in [0, 0.05) is 0 Å². The van der Waals surface area contributed by atoms with Crippen LogP contribution < -0.4 is 5.32 Å². The van der Waals surface area contributed by atoms with Gasteiger partial charge in [-0.3, -0.25) is 5.32 Å². The number of nitrogens with zero attached hydrogens (tertiary/aromatic N) is 3. The minimum absolute atomic E-state index is 0.0545. The van der Waals surface area contributed by atoms with Crippen LogP contribution in [0.3, 0.4) is 0 Å². The van der Waals surface area contributed by atoms with Crippen molar-refractivity contribution in [3.05, 3.63) is 17.5 Å². The van der Waals surface area contributed by atoms with E-state index in [-0.39, 0.29) is 47.0 Å². The Morgan fingerprint density at radius 2 is 1.88 bits per heavy atom. The molecule has 14 heteroatoms. The molecule has 0 saturated carbocycles. The standard InChI is InChI=1S/C20H25F3N4O6S/c1-11-10-12(24-17(28)33-18(2,3)4)13-14-26-27-16(32-14)19(29,20(21,22)23)8-6-5-7-9-34(30,31)15(11)25-13/h10,29H,5-9H2,1-4H3,(H,24,28). The maximum absolute atomic E-state index is 13.7. The summed E-state index contributed by atoms with van der Waals surface area (Å²) in [5.74, 6) is -2.08. The van der Waals surface area contributed by atoms with E-state index < -0.39 is 51.5 Å². The van der Waals surface area contributed by atoms with Crippen molar-refractivity contribution in [1.82, 2.24) is 15.2 Å². The highest BCUT2D eigenvalue weighted by molar-refractivity contribution is 7.91. The van der Waals surface area contributed by atoms with E-state index in [9.17, 15) is 31.5 Å². The summed E-state index contributed by atoms with van der Waals surface area (Å²) in [7, 11) is -3.93. The first-order chi connectivity index (χ1) is 15.5. The van der Waals surface area contributed by atoms with Crippen molar-refractivity contribution in [2.75, 3.05) is 11.1 Å². The van der Waals surface area contributed by atoms with Gasteiger partial charge in [-0.25, -0.2) is 18.2 Å². The molecule has 1 amide bonds. The number of halogens is 3. The molecular weight excluding hydrogens is 481 g/mol. The maximum atomic E-state index is 13.7. The minimum Gasteiger partial charge on any atom is -0.444 e. The predicted octanol–water partition coefficient (Wildman–Crippen LogP) is 3.88. The number of carbonyl (C=O) groups is 1. The number of aromatic nitrogens is 3. The van der Waals surface area contributed by atoms with E-state index in [1.807, 2.05) is 0 Å². The smallest absolute Gasteiger partial charge is 0.426 e. The monoisotopic (exact) mass is 506 g/mol. The third kappa shape index (κ3) is 5.32. The molecule has 1 atom stereocenters. The second-order valence-electron chi connectivity index (χ2n) is 9.03. The second kappa shape index (κ2) is 8.80. The molecule has 3 rings (SSSR count). The molecule has 2 aromatic heterocycles. The highest BCUT2D eigenvalue weighted by atomic mass is 32.2. The van der Waals surface area contributed by atoms with Crippen LogP contribution in [-0.2, 0) is 20.2 Å². The molecule has 1 aliphatic heterocycles. The molecule has 1 aliphatic rings. The number of nitrogens with one attached hydrogen (secondary N) is 1. The molecule has 0 saturated heterocycles. The van der Waals surface area contributed by atoms with Crippen LogP contribution in [0.15, 0.2) is 15.5 Å². The summed E-state index contributed by atoms with van der Waals surface area (Å²) < 4.78 is 77.4. The minimum atomic E-state index is -5.13. The topological polar surface area (TPSA) is 145 Å². The zero-order chi connectivity index (χ0) is 25.5. The molecule has 0 aliphatic carbocycles. The number of sulfone groups is 1. The van der Waals surface area contributed by atoms with E-state index in [4.69, 9.17) is 9.15 Å². The number of alkyl halides is 3. The first-order valence-corrected chi connectivity index (χ1v) is 12.1. The van der Waals surface area contributed by atoms with Crippen molar-refractivity contribution in [2.24, 2.45) is 0 Å². The summed E-state index contributed by atoms with van der Waals surface area (Å²) in [6.07, 6.45) is -6.84. The van der Waals surface area contributed by atoms with Crippen LogP contribution in [0.1, 0.15) is 57.9 Å². The number of ether oxygens (including phenoxy) is 1. The molecule has 4 bridgehead atoms. The van der Waals surface area contributed by atoms with Crippen LogP contribution in [0, 0.1) is 6.92 Å². The predicted molar refractivity (Wildman–Crippen MR) is 113 cm³/mol. The van der Waals surface area contributed by atoms with Gasteiger partial charge in [0.25, 0.3) is 11.8 Å². The van der Waals surface area contributed by atoms with E-state index in [2.05, 4.69) is 20.5 Å². The van der Waals surface area contributed by atoms with Crippen LogP contribution in [-0.4, -0.2) is 52.3 Å². The Morgan fingerprint density at radius 3 is 2.50 bits per heavy atom. The summed E-state index contributed by atoms with van der Waals surface area (Å²) in [5, 5.41) is 19.4. The summed E-state index contributed by atoms with van der Waals surface area (Å²) >= 11 is 0. The van der Waals surface area contributed by atoms with Crippen molar-refractivity contribution < 1.29 is 40.6 Å². The number of hydrogen-bond donors (Lipinski definition) is 2. The SMILES string of the molecule is Cc1cc(NC(=O)OC(C)(C)C)c2nc1S(=O)(=O)CCCCCC(O)(C(F)(F)F)c1nnc-2o1. The molecule has 10 nitrogen and oxygen atoms in total. The van der Waals surface area contributed by atoms with Gasteiger partial charge in [0.2, 0.25) is 5.60 Å². The Bertz CT molecular complexity index is 1190. The van der Waals surface area contributed by atoms with Gasteiger partial charge in [-0.15, -0.1) is 10.2 Å². The zero-order valence-corrected chi connectivity index (χ0v) is 19.8. The van der Waals surface area contributed by atoms with Crippen LogP contribution in [0.4, 0.5) is 23.7 Å². The summed E-state index contributed by atoms with van der Waals surface area (Å²) in [6.45, 7) is 6.33. The summed E-state index contributed by atoms with van der Waals surface area (Å²) in [4.78, 5) is 16.4. The first-order valence-electron chi connectivity index (χ1n) is 10.4. The Kier molecular flexibility index (Phi) is 6.70. The Balaban J connectivity index is 2.20. The van der Waals surface area contributed by atoms with Crippen molar-refractivity contribution in [1.29, 1.82) is 0 Å². The maximum Gasteiger partial charge on any atom is 0.426 e. The molecular formula is C20H25F3N4O6S. The normalized spacial score (nSPS) is 21.1. The molecule has 0 aromatic carbocycles. The number of amides is 1. The number of aryl methyl sites for hydroxylation is 1. The molecule has 0 radical (unpaired) electrons. The van der Waals surface area contributed by atoms with Crippen LogP contribution >= 0.6 is 0 Å². The Labute approximate surface area is 193 Å². The fraction of sp³-hybridized carbons (Fsp3) is 0.600. The quantitative estimate of drug-likeness (QED) is 0.588. The van der Waals surface area contributed by atoms with Crippen molar-refractivity contribution in [3.8, 4) is 11.6 Å². The van der Waals surface area contributed by atoms with Crippen molar-refractivity contribution in [3.63, 3.8) is 0 Å². The average Bonchev–Trinajstić information content (AvgIpc) is 3.14. The number of hydrogen-bond acceptors (Lipinski definition) is 9. The van der Waals surface area contributed by atoms with Gasteiger partial charge in [0.05, 0.1) is 11.4 Å². The van der Waals surface area contributed by atoms with Gasteiger partial charge < -0.3 is 14.3 Å². The third-order valence-electron chi connectivity index (χ3n) is 5.00. The number of carbonyl (C=O) groups excluding carboxylic acids is 1. The lowest BCUT2D eigenvalue weighted by Gasteiger charge is -2.26. The molecule has 0 fully saturated rings. The lowest BCUT2D eigenvalue weighted by Crippen LogP contribution is -2.42. The molecule has 2 N–H and O–H groups in total. The third-order valence-corrected chi connectivity index (χ3v) is 6.83.